The summed E-state index contributed by atoms with van der Waals surface area (Å²) >= 11 is 0. The van der Waals surface area contributed by atoms with E-state index in [0.29, 0.717) is 32.1 Å². The molecule has 1 amide bonds. The molecule has 7 nitrogen and oxygen atoms in total. The van der Waals surface area contributed by atoms with E-state index in [1.807, 2.05) is 67.3 Å². The van der Waals surface area contributed by atoms with E-state index in [2.05, 4.69) is 15.6 Å². The predicted octanol–water partition coefficient (Wildman–Crippen LogP) is 3.14. The van der Waals surface area contributed by atoms with Crippen LogP contribution in [-0.4, -0.2) is 43.2 Å². The van der Waals surface area contributed by atoms with Crippen LogP contribution >= 0.6 is 24.0 Å². The molecule has 30 heavy (non-hydrogen) atoms. The summed E-state index contributed by atoms with van der Waals surface area (Å²) in [5.41, 5.74) is 2.13. The maximum absolute atomic E-state index is 12.6. The third-order valence-corrected chi connectivity index (χ3v) is 4.56. The monoisotopic (exact) mass is 524 g/mol. The number of nitrogens with zero attached hydrogens (tertiary/aromatic N) is 2. The lowest BCUT2D eigenvalue weighted by atomic mass is 10.2. The van der Waals surface area contributed by atoms with Gasteiger partial charge in [-0.05, 0) is 37.1 Å². The van der Waals surface area contributed by atoms with Crippen molar-refractivity contribution in [3.8, 4) is 11.5 Å². The Labute approximate surface area is 194 Å². The van der Waals surface area contributed by atoms with Crippen molar-refractivity contribution >= 4 is 35.8 Å². The van der Waals surface area contributed by atoms with Gasteiger partial charge in [-0.1, -0.05) is 36.4 Å². The third-order valence-electron chi connectivity index (χ3n) is 4.56. The van der Waals surface area contributed by atoms with Gasteiger partial charge in [0.15, 0.2) is 17.5 Å². The Kier molecular flexibility index (Phi) is 9.72. The number of benzene rings is 2. The molecule has 2 N–H and O–H groups in total. The van der Waals surface area contributed by atoms with Crippen LogP contribution in [0, 0.1) is 0 Å². The van der Waals surface area contributed by atoms with Crippen molar-refractivity contribution in [1.29, 1.82) is 0 Å². The molecule has 3 rings (SSSR count). The van der Waals surface area contributed by atoms with E-state index in [0.717, 1.165) is 22.6 Å². The minimum Gasteiger partial charge on any atom is -0.454 e. The summed E-state index contributed by atoms with van der Waals surface area (Å²) in [5, 5.41) is 6.31. The lowest BCUT2D eigenvalue weighted by Gasteiger charge is -2.22. The number of carbonyl (C=O) groups is 1. The van der Waals surface area contributed by atoms with E-state index in [1.165, 1.54) is 0 Å². The molecule has 0 unspecified atom stereocenters. The fourth-order valence-electron chi connectivity index (χ4n) is 3.00. The molecule has 1 heterocycles. The van der Waals surface area contributed by atoms with Crippen LogP contribution in [0.3, 0.4) is 0 Å². The lowest BCUT2D eigenvalue weighted by Crippen LogP contribution is -2.44. The Hall–Kier alpha value is -2.49. The molecule has 0 spiro atoms. The first kappa shape index (κ1) is 23.8. The molecule has 0 fully saturated rings. The molecule has 0 bridgehead atoms. The molecule has 162 valence electrons. The molecule has 0 aromatic heterocycles. The second kappa shape index (κ2) is 12.3. The zero-order chi connectivity index (χ0) is 20.5. The van der Waals surface area contributed by atoms with Crippen molar-refractivity contribution in [3.05, 3.63) is 59.7 Å². The number of hydrogen-bond acceptors (Lipinski definition) is 4. The van der Waals surface area contributed by atoms with E-state index >= 15 is 0 Å². The van der Waals surface area contributed by atoms with Crippen molar-refractivity contribution in [2.24, 2.45) is 4.99 Å². The highest BCUT2D eigenvalue weighted by atomic mass is 127. The first-order chi connectivity index (χ1) is 14.2. The van der Waals surface area contributed by atoms with Gasteiger partial charge in [0.2, 0.25) is 12.7 Å². The maximum Gasteiger partial charge on any atom is 0.242 e. The van der Waals surface area contributed by atoms with Crippen LogP contribution in [0.25, 0.3) is 0 Å². The van der Waals surface area contributed by atoms with Gasteiger partial charge >= 0.3 is 0 Å². The molecule has 8 heteroatoms. The van der Waals surface area contributed by atoms with E-state index in [1.54, 1.807) is 0 Å². The van der Waals surface area contributed by atoms with Gasteiger partial charge < -0.3 is 25.0 Å². The van der Waals surface area contributed by atoms with Gasteiger partial charge in [-0.25, -0.2) is 4.99 Å². The molecule has 1 aliphatic rings. The third kappa shape index (κ3) is 6.79. The summed E-state index contributed by atoms with van der Waals surface area (Å²) in [6.07, 6.45) is 0. The average molecular weight is 524 g/mol. The van der Waals surface area contributed by atoms with Crippen molar-refractivity contribution < 1.29 is 14.3 Å². The van der Waals surface area contributed by atoms with E-state index in [9.17, 15) is 4.79 Å². The smallest absolute Gasteiger partial charge is 0.242 e. The highest BCUT2D eigenvalue weighted by Gasteiger charge is 2.14. The highest BCUT2D eigenvalue weighted by Crippen LogP contribution is 2.32. The number of halogens is 1. The minimum absolute atomic E-state index is 0. The summed E-state index contributed by atoms with van der Waals surface area (Å²) in [4.78, 5) is 19.0. The molecule has 0 radical (unpaired) electrons. The number of nitrogens with one attached hydrogen (secondary N) is 2. The van der Waals surface area contributed by atoms with Gasteiger partial charge in [0.05, 0.1) is 13.1 Å². The van der Waals surface area contributed by atoms with Gasteiger partial charge in [0, 0.05) is 19.6 Å². The SMILES string of the molecule is CCNC(=NCc1ccc2c(c1)OCO2)NCC(=O)N(CC)Cc1ccccc1.I. The van der Waals surface area contributed by atoms with Gasteiger partial charge in [0.25, 0.3) is 0 Å². The molecule has 2 aromatic carbocycles. The first-order valence-electron chi connectivity index (χ1n) is 9.92. The number of aliphatic imine (C=N–C) groups is 1. The topological polar surface area (TPSA) is 75.2 Å². The summed E-state index contributed by atoms with van der Waals surface area (Å²) in [5.74, 6) is 2.14. The van der Waals surface area contributed by atoms with Gasteiger partial charge in [-0.15, -0.1) is 24.0 Å². The second-order valence-corrected chi connectivity index (χ2v) is 6.63. The number of rotatable bonds is 8. The van der Waals surface area contributed by atoms with E-state index in [-0.39, 0.29) is 43.2 Å². The van der Waals surface area contributed by atoms with Crippen molar-refractivity contribution in [1.82, 2.24) is 15.5 Å². The maximum atomic E-state index is 12.6. The quantitative estimate of drug-likeness (QED) is 0.316. The van der Waals surface area contributed by atoms with Crippen molar-refractivity contribution in [2.75, 3.05) is 26.4 Å². The van der Waals surface area contributed by atoms with Crippen LogP contribution in [0.5, 0.6) is 11.5 Å². The van der Waals surface area contributed by atoms with Gasteiger partial charge in [-0.3, -0.25) is 4.79 Å². The number of ether oxygens (including phenoxy) is 2. The number of guanidine groups is 1. The normalized spacial score (nSPS) is 12.1. The first-order valence-corrected chi connectivity index (χ1v) is 9.92. The van der Waals surface area contributed by atoms with Crippen LogP contribution < -0.4 is 20.1 Å². The van der Waals surface area contributed by atoms with E-state index in [4.69, 9.17) is 9.47 Å². The number of hydrogen-bond donors (Lipinski definition) is 2. The molecule has 0 saturated heterocycles. The number of likely N-dealkylation sites (N-methyl/N-ethyl adjacent to an activating group) is 1. The van der Waals surface area contributed by atoms with Crippen LogP contribution in [0.2, 0.25) is 0 Å². The standard InChI is InChI=1S/C22H28N4O3.HI/c1-3-23-22(24-13-18-10-11-19-20(12-18)29-16-28-19)25-14-21(27)26(4-2)15-17-8-6-5-7-9-17;/h5-12H,3-4,13-16H2,1-2H3,(H2,23,24,25);1H. The Balaban J connectivity index is 0.00000320. The Bertz CT molecular complexity index is 846. The summed E-state index contributed by atoms with van der Waals surface area (Å²) in [6.45, 7) is 6.86. The van der Waals surface area contributed by atoms with Crippen molar-refractivity contribution in [2.45, 2.75) is 26.9 Å². The van der Waals surface area contributed by atoms with Crippen LogP contribution in [0.4, 0.5) is 0 Å². The molecule has 1 aliphatic heterocycles. The number of amides is 1. The molecule has 0 saturated carbocycles. The predicted molar refractivity (Wildman–Crippen MR) is 128 cm³/mol. The second-order valence-electron chi connectivity index (χ2n) is 6.63. The minimum atomic E-state index is 0. The fourth-order valence-corrected chi connectivity index (χ4v) is 3.00. The van der Waals surface area contributed by atoms with Crippen molar-refractivity contribution in [3.63, 3.8) is 0 Å². The Morgan fingerprint density at radius 1 is 1.03 bits per heavy atom. The number of fused-ring (bicyclic) bond motifs is 1. The zero-order valence-corrected chi connectivity index (χ0v) is 19.7. The zero-order valence-electron chi connectivity index (χ0n) is 17.4. The van der Waals surface area contributed by atoms with E-state index < -0.39 is 0 Å². The summed E-state index contributed by atoms with van der Waals surface area (Å²) < 4.78 is 10.7. The largest absolute Gasteiger partial charge is 0.454 e. The fraction of sp³-hybridized carbons (Fsp3) is 0.364. The van der Waals surface area contributed by atoms with Crippen LogP contribution in [-0.2, 0) is 17.9 Å². The van der Waals surface area contributed by atoms with Crippen LogP contribution in [0.15, 0.2) is 53.5 Å². The lowest BCUT2D eigenvalue weighted by molar-refractivity contribution is -0.130. The molecule has 0 atom stereocenters. The number of carbonyl (C=O) groups excluding carboxylic acids is 1. The molecular weight excluding hydrogens is 495 g/mol. The van der Waals surface area contributed by atoms with Gasteiger partial charge in [-0.2, -0.15) is 0 Å². The average Bonchev–Trinajstić information content (AvgIpc) is 3.22. The van der Waals surface area contributed by atoms with Gasteiger partial charge in [0.1, 0.15) is 0 Å². The molecule has 0 aliphatic carbocycles. The summed E-state index contributed by atoms with van der Waals surface area (Å²) in [7, 11) is 0. The Morgan fingerprint density at radius 3 is 2.53 bits per heavy atom. The highest BCUT2D eigenvalue weighted by molar-refractivity contribution is 14.0. The van der Waals surface area contributed by atoms with Crippen LogP contribution in [0.1, 0.15) is 25.0 Å². The Morgan fingerprint density at radius 2 is 1.80 bits per heavy atom. The summed E-state index contributed by atoms with van der Waals surface area (Å²) in [6, 6.07) is 15.8. The molecule has 2 aromatic rings. The molecular formula is C22H29IN4O3.